The topological polar surface area (TPSA) is 143 Å². The molecule has 0 aromatic carbocycles. The number of aromatic nitrogens is 3. The number of hydrogen-bond donors (Lipinski definition) is 0. The maximum atomic E-state index is 13.0. The fourth-order valence-electron chi connectivity index (χ4n) is 3.77. The van der Waals surface area contributed by atoms with Gasteiger partial charge in [0.1, 0.15) is 0 Å². The Morgan fingerprint density at radius 1 is 0.559 bits per heavy atom. The molecule has 0 amide bonds. The molecule has 0 aliphatic carbocycles. The highest BCUT2D eigenvalue weighted by molar-refractivity contribution is 5.32. The van der Waals surface area contributed by atoms with Crippen LogP contribution in [-0.2, 0) is 24.4 Å². The summed E-state index contributed by atoms with van der Waals surface area (Å²) in [5, 5.41) is 17.3. The highest BCUT2D eigenvalue weighted by Crippen LogP contribution is 2.05. The molecule has 0 atom stereocenters. The van der Waals surface area contributed by atoms with Crippen LogP contribution in [0.3, 0.4) is 0 Å². The lowest BCUT2D eigenvalue weighted by Gasteiger charge is -2.14. The summed E-state index contributed by atoms with van der Waals surface area (Å²) in [6.45, 7) is 1.15. The summed E-state index contributed by atoms with van der Waals surface area (Å²) >= 11 is 0. The van der Waals surface area contributed by atoms with Crippen molar-refractivity contribution in [3.05, 3.63) is 31.5 Å². The first-order chi connectivity index (χ1) is 16.6. The lowest BCUT2D eigenvalue weighted by molar-refractivity contribution is 0.413. The predicted molar refractivity (Wildman–Crippen MR) is 128 cm³/mol. The Kier molecular flexibility index (Phi) is 15.4. The van der Waals surface area contributed by atoms with E-state index in [1.54, 1.807) is 0 Å². The fourth-order valence-corrected chi connectivity index (χ4v) is 3.77. The first-order valence-electron chi connectivity index (χ1n) is 12.3. The first-order valence-corrected chi connectivity index (χ1v) is 12.3. The zero-order valence-corrected chi connectivity index (χ0v) is 20.0. The van der Waals surface area contributed by atoms with Crippen molar-refractivity contribution in [2.24, 2.45) is 4.99 Å². The minimum atomic E-state index is -0.567. The Balaban J connectivity index is 2.91. The largest absolute Gasteiger partial charge is 0.336 e. The number of isocyanates is 1. The van der Waals surface area contributed by atoms with Gasteiger partial charge in [-0.2, -0.15) is 10.5 Å². The Hall–Kier alpha value is -3.23. The maximum absolute atomic E-state index is 13.0. The van der Waals surface area contributed by atoms with Crippen molar-refractivity contribution in [3.8, 4) is 12.1 Å². The highest BCUT2D eigenvalue weighted by atomic mass is 16.2. The molecule has 186 valence electrons. The molecular formula is C24H36N6O4. The second-order valence-corrected chi connectivity index (χ2v) is 8.33. The smallest absolute Gasteiger partial charge is 0.247 e. The SMILES string of the molecule is N#CCCCCCCn1c(=O)n(CCCCCCC#N)c(=O)n(CCCCCCN=C=O)c1=O. The van der Waals surface area contributed by atoms with Gasteiger partial charge in [0.25, 0.3) is 0 Å². The molecule has 0 radical (unpaired) electrons. The van der Waals surface area contributed by atoms with Crippen LogP contribution in [0.25, 0.3) is 0 Å². The monoisotopic (exact) mass is 472 g/mol. The molecule has 34 heavy (non-hydrogen) atoms. The summed E-state index contributed by atoms with van der Waals surface area (Å²) in [6.07, 6.45) is 11.6. The average molecular weight is 473 g/mol. The van der Waals surface area contributed by atoms with Gasteiger partial charge in [0.2, 0.25) is 6.08 Å². The van der Waals surface area contributed by atoms with E-state index in [9.17, 15) is 19.2 Å². The second kappa shape index (κ2) is 18.2. The van der Waals surface area contributed by atoms with E-state index in [-0.39, 0.29) is 19.6 Å². The zero-order chi connectivity index (χ0) is 25.0. The van der Waals surface area contributed by atoms with Crippen molar-refractivity contribution >= 4 is 6.08 Å². The van der Waals surface area contributed by atoms with Crippen molar-refractivity contribution < 1.29 is 4.79 Å². The number of nitrogens with zero attached hydrogens (tertiary/aromatic N) is 6. The molecule has 0 fully saturated rings. The van der Waals surface area contributed by atoms with E-state index in [0.29, 0.717) is 38.6 Å². The van der Waals surface area contributed by atoms with Gasteiger partial charge in [-0.25, -0.2) is 37.9 Å². The number of unbranched alkanes of at least 4 members (excludes halogenated alkanes) is 11. The third-order valence-corrected chi connectivity index (χ3v) is 5.69. The van der Waals surface area contributed by atoms with Crippen molar-refractivity contribution in [3.63, 3.8) is 0 Å². The summed E-state index contributed by atoms with van der Waals surface area (Å²) in [7, 11) is 0. The van der Waals surface area contributed by atoms with Crippen molar-refractivity contribution in [1.82, 2.24) is 13.7 Å². The molecule has 0 unspecified atom stereocenters. The van der Waals surface area contributed by atoms with E-state index in [2.05, 4.69) is 17.1 Å². The average Bonchev–Trinajstić information content (AvgIpc) is 2.83. The molecular weight excluding hydrogens is 436 g/mol. The number of aliphatic imine (C=N–C) groups is 1. The van der Waals surface area contributed by atoms with Gasteiger partial charge in [0, 0.05) is 32.5 Å². The second-order valence-electron chi connectivity index (χ2n) is 8.33. The van der Waals surface area contributed by atoms with Gasteiger partial charge in [0.05, 0.1) is 18.7 Å². The van der Waals surface area contributed by atoms with E-state index in [4.69, 9.17) is 10.5 Å². The lowest BCUT2D eigenvalue weighted by atomic mass is 10.1. The molecule has 1 aromatic heterocycles. The molecule has 0 saturated carbocycles. The molecule has 1 heterocycles. The highest BCUT2D eigenvalue weighted by Gasteiger charge is 2.15. The Labute approximate surface area is 200 Å². The third-order valence-electron chi connectivity index (χ3n) is 5.69. The van der Waals surface area contributed by atoms with Gasteiger partial charge < -0.3 is 0 Å². The van der Waals surface area contributed by atoms with Crippen LogP contribution in [0.4, 0.5) is 0 Å². The standard InChI is InChI=1S/C24H36N6O4/c25-15-9-3-1-6-12-18-28-22(32)29(19-13-7-2-4-10-16-26)24(34)30(23(28)33)20-14-8-5-11-17-27-21-31/h1-14,17-20H2. The van der Waals surface area contributed by atoms with Crippen LogP contribution >= 0.6 is 0 Å². The van der Waals surface area contributed by atoms with Crippen LogP contribution in [0.15, 0.2) is 19.4 Å². The molecule has 0 N–H and O–H groups in total. The molecule has 0 saturated heterocycles. The number of hydrogen-bond acceptors (Lipinski definition) is 7. The first kappa shape index (κ1) is 28.8. The fraction of sp³-hybridized carbons (Fsp3) is 0.750. The van der Waals surface area contributed by atoms with E-state index >= 15 is 0 Å². The van der Waals surface area contributed by atoms with E-state index in [1.807, 2.05) is 0 Å². The Morgan fingerprint density at radius 3 is 1.26 bits per heavy atom. The zero-order valence-electron chi connectivity index (χ0n) is 20.0. The normalized spacial score (nSPS) is 10.4. The summed E-state index contributed by atoms with van der Waals surface area (Å²) in [5.41, 5.74) is -1.70. The van der Waals surface area contributed by atoms with Gasteiger partial charge in [-0.1, -0.05) is 38.5 Å². The molecule has 10 heteroatoms. The summed E-state index contributed by atoms with van der Waals surface area (Å²) in [5.74, 6) is 0. The van der Waals surface area contributed by atoms with E-state index < -0.39 is 17.1 Å². The summed E-state index contributed by atoms with van der Waals surface area (Å²) in [4.78, 5) is 52.5. The lowest BCUT2D eigenvalue weighted by Crippen LogP contribution is -2.54. The van der Waals surface area contributed by atoms with Gasteiger partial charge in [-0.15, -0.1) is 0 Å². The molecule has 0 aliphatic heterocycles. The number of carbonyl (C=O) groups excluding carboxylic acids is 1. The van der Waals surface area contributed by atoms with Crippen molar-refractivity contribution in [2.45, 2.75) is 110 Å². The van der Waals surface area contributed by atoms with E-state index in [0.717, 1.165) is 62.4 Å². The van der Waals surface area contributed by atoms with Crippen LogP contribution in [0.1, 0.15) is 89.9 Å². The van der Waals surface area contributed by atoms with E-state index in [1.165, 1.54) is 15.2 Å². The Morgan fingerprint density at radius 2 is 0.912 bits per heavy atom. The molecule has 10 nitrogen and oxygen atoms in total. The number of nitriles is 2. The van der Waals surface area contributed by atoms with Gasteiger partial charge >= 0.3 is 17.1 Å². The van der Waals surface area contributed by atoms with Crippen LogP contribution in [-0.4, -0.2) is 26.3 Å². The third kappa shape index (κ3) is 10.6. The van der Waals surface area contributed by atoms with Crippen LogP contribution < -0.4 is 17.1 Å². The molecule has 0 bridgehead atoms. The van der Waals surface area contributed by atoms with Gasteiger partial charge in [-0.3, -0.25) is 0 Å². The van der Waals surface area contributed by atoms with Gasteiger partial charge in [-0.05, 0) is 38.5 Å². The quantitative estimate of drug-likeness (QED) is 0.172. The Bertz CT molecular complexity index is 970. The maximum Gasteiger partial charge on any atom is 0.336 e. The molecule has 0 spiro atoms. The predicted octanol–water partition coefficient (Wildman–Crippen LogP) is 3.02. The van der Waals surface area contributed by atoms with Crippen LogP contribution in [0.2, 0.25) is 0 Å². The van der Waals surface area contributed by atoms with Crippen molar-refractivity contribution in [2.75, 3.05) is 6.54 Å². The number of rotatable bonds is 19. The molecule has 0 aliphatic rings. The minimum Gasteiger partial charge on any atom is -0.247 e. The van der Waals surface area contributed by atoms with Gasteiger partial charge in [0.15, 0.2) is 0 Å². The van der Waals surface area contributed by atoms with Crippen LogP contribution in [0.5, 0.6) is 0 Å². The molecule has 1 aromatic rings. The summed E-state index contributed by atoms with van der Waals surface area (Å²) < 4.78 is 3.50. The van der Waals surface area contributed by atoms with Crippen molar-refractivity contribution in [1.29, 1.82) is 10.5 Å². The summed E-state index contributed by atoms with van der Waals surface area (Å²) in [6, 6.07) is 4.21. The van der Waals surface area contributed by atoms with Crippen LogP contribution in [0, 0.1) is 22.7 Å². The minimum absolute atomic E-state index is 0.235. The molecule has 1 rings (SSSR count).